The molecule has 1 unspecified atom stereocenters. The number of rotatable bonds is 8. The minimum atomic E-state index is 0.409. The highest BCUT2D eigenvalue weighted by Crippen LogP contribution is 2.17. The number of nitrogens with zero attached hydrogens (tertiary/aromatic N) is 1. The van der Waals surface area contributed by atoms with Gasteiger partial charge in [0.15, 0.2) is 0 Å². The molecule has 1 aromatic rings. The Balaban J connectivity index is 1.87. The molecule has 0 saturated carbocycles. The number of nitrogens with one attached hydrogen (secondary N) is 1. The predicted octanol–water partition coefficient (Wildman–Crippen LogP) is 2.39. The van der Waals surface area contributed by atoms with Crippen molar-refractivity contribution >= 4 is 0 Å². The Hall–Kier alpha value is -0.840. The van der Waals surface area contributed by atoms with Crippen molar-refractivity contribution in [3.05, 3.63) is 23.7 Å². The van der Waals surface area contributed by atoms with E-state index in [1.807, 2.05) is 0 Å². The lowest BCUT2D eigenvalue weighted by atomic mass is 10.2. The van der Waals surface area contributed by atoms with Gasteiger partial charge in [-0.25, -0.2) is 0 Å². The fourth-order valence-corrected chi connectivity index (χ4v) is 2.51. The van der Waals surface area contributed by atoms with Crippen LogP contribution in [-0.2, 0) is 17.8 Å². The van der Waals surface area contributed by atoms with E-state index >= 15 is 0 Å². The fourth-order valence-electron chi connectivity index (χ4n) is 2.51. The van der Waals surface area contributed by atoms with E-state index in [2.05, 4.69) is 30.1 Å². The first kappa shape index (κ1) is 14.6. The minimum Gasteiger partial charge on any atom is -0.468 e. The van der Waals surface area contributed by atoms with Gasteiger partial charge < -0.3 is 14.5 Å². The molecule has 2 heterocycles. The monoisotopic (exact) mass is 266 g/mol. The molecule has 1 N–H and O–H groups in total. The summed E-state index contributed by atoms with van der Waals surface area (Å²) in [6.07, 6.45) is 4.60. The summed E-state index contributed by atoms with van der Waals surface area (Å²) >= 11 is 0. The zero-order valence-electron chi connectivity index (χ0n) is 12.2. The van der Waals surface area contributed by atoms with Gasteiger partial charge in [-0.15, -0.1) is 0 Å². The molecular weight excluding hydrogens is 240 g/mol. The molecule has 19 heavy (non-hydrogen) atoms. The van der Waals surface area contributed by atoms with Crippen molar-refractivity contribution in [2.24, 2.45) is 0 Å². The van der Waals surface area contributed by atoms with Crippen LogP contribution in [0, 0.1) is 0 Å². The summed E-state index contributed by atoms with van der Waals surface area (Å²) in [5, 5.41) is 3.35. The van der Waals surface area contributed by atoms with Gasteiger partial charge in [0.25, 0.3) is 0 Å². The lowest BCUT2D eigenvalue weighted by Gasteiger charge is -2.23. The van der Waals surface area contributed by atoms with Gasteiger partial charge >= 0.3 is 0 Å². The van der Waals surface area contributed by atoms with Crippen molar-refractivity contribution in [1.29, 1.82) is 0 Å². The van der Waals surface area contributed by atoms with Gasteiger partial charge in [-0.05, 0) is 32.0 Å². The SMILES string of the molecule is CCNCc1ccoc1CN(CC)CC1CCCO1. The number of hydrogen-bond donors (Lipinski definition) is 1. The average molecular weight is 266 g/mol. The highest BCUT2D eigenvalue weighted by atomic mass is 16.5. The first-order chi connectivity index (χ1) is 9.33. The second kappa shape index (κ2) is 7.68. The van der Waals surface area contributed by atoms with E-state index in [0.29, 0.717) is 6.10 Å². The van der Waals surface area contributed by atoms with Crippen LogP contribution in [0.4, 0.5) is 0 Å². The topological polar surface area (TPSA) is 37.6 Å². The fraction of sp³-hybridized carbons (Fsp3) is 0.733. The smallest absolute Gasteiger partial charge is 0.122 e. The third-order valence-electron chi connectivity index (χ3n) is 3.70. The Morgan fingerprint density at radius 2 is 2.32 bits per heavy atom. The van der Waals surface area contributed by atoms with E-state index in [4.69, 9.17) is 9.15 Å². The summed E-state index contributed by atoms with van der Waals surface area (Å²) in [6.45, 7) is 10.0. The van der Waals surface area contributed by atoms with Crippen molar-refractivity contribution in [2.45, 2.75) is 45.9 Å². The van der Waals surface area contributed by atoms with Crippen LogP contribution in [0.1, 0.15) is 38.0 Å². The lowest BCUT2D eigenvalue weighted by Crippen LogP contribution is -2.32. The maximum absolute atomic E-state index is 5.71. The summed E-state index contributed by atoms with van der Waals surface area (Å²) in [5.74, 6) is 1.08. The van der Waals surface area contributed by atoms with E-state index < -0.39 is 0 Å². The normalized spacial score (nSPS) is 19.4. The minimum absolute atomic E-state index is 0.409. The van der Waals surface area contributed by atoms with Crippen LogP contribution < -0.4 is 5.32 Å². The van der Waals surface area contributed by atoms with Crippen LogP contribution in [0.2, 0.25) is 0 Å². The molecule has 0 spiro atoms. The summed E-state index contributed by atoms with van der Waals surface area (Å²) in [5.41, 5.74) is 1.27. The van der Waals surface area contributed by atoms with Gasteiger partial charge in [-0.2, -0.15) is 0 Å². The van der Waals surface area contributed by atoms with E-state index in [1.54, 1.807) is 6.26 Å². The first-order valence-electron chi connectivity index (χ1n) is 7.43. The summed E-state index contributed by atoms with van der Waals surface area (Å²) in [4.78, 5) is 2.41. The zero-order chi connectivity index (χ0) is 13.5. The number of likely N-dealkylation sites (N-methyl/N-ethyl adjacent to an activating group) is 1. The Bertz CT molecular complexity index is 359. The van der Waals surface area contributed by atoms with Crippen LogP contribution in [0.15, 0.2) is 16.7 Å². The quantitative estimate of drug-likeness (QED) is 0.784. The van der Waals surface area contributed by atoms with Crippen molar-refractivity contribution in [1.82, 2.24) is 10.2 Å². The van der Waals surface area contributed by atoms with Crippen molar-refractivity contribution in [2.75, 3.05) is 26.2 Å². The molecule has 0 amide bonds. The maximum atomic E-state index is 5.71. The molecule has 0 bridgehead atoms. The zero-order valence-corrected chi connectivity index (χ0v) is 12.2. The highest BCUT2D eigenvalue weighted by Gasteiger charge is 2.19. The second-order valence-corrected chi connectivity index (χ2v) is 5.11. The number of furan rings is 1. The van der Waals surface area contributed by atoms with Crippen LogP contribution in [0.5, 0.6) is 0 Å². The molecular formula is C15H26N2O2. The largest absolute Gasteiger partial charge is 0.468 e. The molecule has 108 valence electrons. The third kappa shape index (κ3) is 4.34. The van der Waals surface area contributed by atoms with Crippen molar-refractivity contribution in [3.63, 3.8) is 0 Å². The molecule has 4 heteroatoms. The van der Waals surface area contributed by atoms with Crippen LogP contribution in [-0.4, -0.2) is 37.2 Å². The van der Waals surface area contributed by atoms with Crippen molar-refractivity contribution in [3.8, 4) is 0 Å². The van der Waals surface area contributed by atoms with Crippen molar-refractivity contribution < 1.29 is 9.15 Å². The summed E-state index contributed by atoms with van der Waals surface area (Å²) in [6, 6.07) is 2.07. The van der Waals surface area contributed by atoms with E-state index in [0.717, 1.165) is 45.1 Å². The van der Waals surface area contributed by atoms with E-state index in [1.165, 1.54) is 18.4 Å². The molecule has 0 aliphatic carbocycles. The Kier molecular flexibility index (Phi) is 5.89. The third-order valence-corrected chi connectivity index (χ3v) is 3.70. The second-order valence-electron chi connectivity index (χ2n) is 5.11. The molecule has 1 saturated heterocycles. The lowest BCUT2D eigenvalue weighted by molar-refractivity contribution is 0.0701. The molecule has 1 fully saturated rings. The molecule has 4 nitrogen and oxygen atoms in total. The standard InChI is InChI=1S/C15H26N2O2/c1-3-16-10-13-7-9-19-15(13)12-17(4-2)11-14-6-5-8-18-14/h7,9,14,16H,3-6,8,10-12H2,1-2H3. The Labute approximate surface area is 116 Å². The van der Waals surface area contributed by atoms with Crippen LogP contribution >= 0.6 is 0 Å². The summed E-state index contributed by atoms with van der Waals surface area (Å²) in [7, 11) is 0. The molecule has 2 rings (SSSR count). The van der Waals surface area contributed by atoms with Crippen LogP contribution in [0.3, 0.4) is 0 Å². The number of ether oxygens (including phenoxy) is 1. The first-order valence-corrected chi connectivity index (χ1v) is 7.43. The Morgan fingerprint density at radius 1 is 1.42 bits per heavy atom. The maximum Gasteiger partial charge on any atom is 0.122 e. The molecule has 0 radical (unpaired) electrons. The van der Waals surface area contributed by atoms with Crippen LogP contribution in [0.25, 0.3) is 0 Å². The predicted molar refractivity (Wildman–Crippen MR) is 76.0 cm³/mol. The van der Waals surface area contributed by atoms with E-state index in [9.17, 15) is 0 Å². The molecule has 1 aromatic heterocycles. The molecule has 0 aromatic carbocycles. The van der Waals surface area contributed by atoms with Gasteiger partial charge in [-0.3, -0.25) is 4.90 Å². The number of hydrogen-bond acceptors (Lipinski definition) is 4. The molecule has 1 atom stereocenters. The summed E-state index contributed by atoms with van der Waals surface area (Å²) < 4.78 is 11.4. The van der Waals surface area contributed by atoms with E-state index in [-0.39, 0.29) is 0 Å². The van der Waals surface area contributed by atoms with Gasteiger partial charge in [-0.1, -0.05) is 13.8 Å². The highest BCUT2D eigenvalue weighted by molar-refractivity contribution is 5.16. The van der Waals surface area contributed by atoms with Gasteiger partial charge in [0, 0.05) is 25.3 Å². The molecule has 1 aliphatic rings. The average Bonchev–Trinajstić information content (AvgIpc) is 3.07. The molecule has 1 aliphatic heterocycles. The van der Waals surface area contributed by atoms with Gasteiger partial charge in [0.2, 0.25) is 0 Å². The Morgan fingerprint density at radius 3 is 3.00 bits per heavy atom. The van der Waals surface area contributed by atoms with Gasteiger partial charge in [0.1, 0.15) is 5.76 Å². The van der Waals surface area contributed by atoms with Gasteiger partial charge in [0.05, 0.1) is 18.9 Å².